The minimum Gasteiger partial charge on any atom is -0.477 e. The zero-order valence-corrected chi connectivity index (χ0v) is 11.9. The average molecular weight is 325 g/mol. The van der Waals surface area contributed by atoms with Crippen molar-refractivity contribution in [2.75, 3.05) is 18.5 Å². The first-order valence-corrected chi connectivity index (χ1v) is 6.45. The fourth-order valence-electron chi connectivity index (χ4n) is 1.58. The van der Waals surface area contributed by atoms with Crippen molar-refractivity contribution in [3.8, 4) is 0 Å². The lowest BCUT2D eigenvalue weighted by Crippen LogP contribution is -2.24. The minimum absolute atomic E-state index is 0.0474. The number of likely N-dealkylation sites (N-methyl/N-ethyl adjacent to an activating group) is 1. The molecule has 0 bridgehead atoms. The molecule has 2 aromatic rings. The van der Waals surface area contributed by atoms with Crippen LogP contribution in [0.2, 0.25) is 0 Å². The molecule has 0 unspecified atom stereocenters. The highest BCUT2D eigenvalue weighted by Crippen LogP contribution is 2.10. The van der Waals surface area contributed by atoms with Gasteiger partial charge in [-0.1, -0.05) is 6.07 Å². The van der Waals surface area contributed by atoms with Gasteiger partial charge in [-0.05, 0) is 28.1 Å². The number of hydrogen-bond donors (Lipinski definition) is 1. The van der Waals surface area contributed by atoms with Crippen LogP contribution in [0.3, 0.4) is 0 Å². The molecule has 0 aliphatic heterocycles. The predicted molar refractivity (Wildman–Crippen MR) is 74.4 cm³/mol. The Morgan fingerprint density at radius 1 is 1.53 bits per heavy atom. The summed E-state index contributed by atoms with van der Waals surface area (Å²) < 4.78 is 2.74. The summed E-state index contributed by atoms with van der Waals surface area (Å²) in [6.45, 7) is 1.38. The molecule has 0 radical (unpaired) electrons. The molecule has 0 atom stereocenters. The fraction of sp³-hybridized carbons (Fsp3) is 0.250. The molecule has 7 heteroatoms. The van der Waals surface area contributed by atoms with Crippen molar-refractivity contribution < 1.29 is 9.90 Å². The quantitative estimate of drug-likeness (QED) is 0.909. The van der Waals surface area contributed by atoms with Crippen LogP contribution in [0.5, 0.6) is 0 Å². The van der Waals surface area contributed by atoms with E-state index in [1.54, 1.807) is 18.3 Å². The third-order valence-corrected chi connectivity index (χ3v) is 3.02. The third-order valence-electron chi connectivity index (χ3n) is 2.61. The van der Waals surface area contributed by atoms with E-state index in [1.807, 2.05) is 22.8 Å². The molecule has 0 amide bonds. The van der Waals surface area contributed by atoms with E-state index in [2.05, 4.69) is 26.0 Å². The van der Waals surface area contributed by atoms with E-state index in [0.29, 0.717) is 18.9 Å². The van der Waals surface area contributed by atoms with E-state index >= 15 is 0 Å². The summed E-state index contributed by atoms with van der Waals surface area (Å²) in [5, 5.41) is 13.1. The lowest BCUT2D eigenvalue weighted by Gasteiger charge is -2.18. The molecule has 2 heterocycles. The lowest BCUT2D eigenvalue weighted by atomic mass is 10.3. The molecule has 19 heavy (non-hydrogen) atoms. The van der Waals surface area contributed by atoms with E-state index in [1.165, 1.54) is 6.07 Å². The molecule has 2 rings (SSSR count). The second-order valence-corrected chi connectivity index (χ2v) is 4.95. The highest BCUT2D eigenvalue weighted by atomic mass is 79.9. The Kier molecular flexibility index (Phi) is 4.16. The Morgan fingerprint density at radius 3 is 2.95 bits per heavy atom. The highest BCUT2D eigenvalue weighted by molar-refractivity contribution is 9.10. The molecule has 0 saturated heterocycles. The molecule has 1 N–H and O–H groups in total. The maximum Gasteiger partial charge on any atom is 0.354 e. The van der Waals surface area contributed by atoms with Gasteiger partial charge in [-0.15, -0.1) is 0 Å². The van der Waals surface area contributed by atoms with Crippen LogP contribution < -0.4 is 4.90 Å². The average Bonchev–Trinajstić information content (AvgIpc) is 2.82. The number of carboxylic acid groups (broad SMARTS) is 1. The maximum atomic E-state index is 10.9. The summed E-state index contributed by atoms with van der Waals surface area (Å²) in [4.78, 5) is 16.8. The summed E-state index contributed by atoms with van der Waals surface area (Å²) in [5.74, 6) is -0.391. The molecule has 0 aromatic carbocycles. The summed E-state index contributed by atoms with van der Waals surface area (Å²) in [7, 11) is 1.87. The number of aromatic nitrogens is 3. The van der Waals surface area contributed by atoms with Gasteiger partial charge in [0.05, 0.1) is 17.2 Å². The van der Waals surface area contributed by atoms with Crippen LogP contribution in [-0.4, -0.2) is 39.4 Å². The Morgan fingerprint density at radius 2 is 2.32 bits per heavy atom. The van der Waals surface area contributed by atoms with Crippen LogP contribution in [0.1, 0.15) is 10.5 Å². The fourth-order valence-corrected chi connectivity index (χ4v) is 1.91. The summed E-state index contributed by atoms with van der Waals surface area (Å²) >= 11 is 3.33. The van der Waals surface area contributed by atoms with E-state index < -0.39 is 5.97 Å². The van der Waals surface area contributed by atoms with Gasteiger partial charge in [0.25, 0.3) is 0 Å². The SMILES string of the molecule is CN(CCn1cc(Br)cn1)c1cccc(C(=O)O)n1. The van der Waals surface area contributed by atoms with Crippen LogP contribution in [0, 0.1) is 0 Å². The maximum absolute atomic E-state index is 10.9. The van der Waals surface area contributed by atoms with Gasteiger partial charge in [-0.25, -0.2) is 9.78 Å². The van der Waals surface area contributed by atoms with E-state index in [-0.39, 0.29) is 5.69 Å². The zero-order chi connectivity index (χ0) is 13.8. The summed E-state index contributed by atoms with van der Waals surface area (Å²) in [6, 6.07) is 4.95. The molecule has 0 fully saturated rings. The minimum atomic E-state index is -1.02. The van der Waals surface area contributed by atoms with Gasteiger partial charge in [0, 0.05) is 19.8 Å². The van der Waals surface area contributed by atoms with Crippen molar-refractivity contribution >= 4 is 27.7 Å². The van der Waals surface area contributed by atoms with Crippen LogP contribution in [0.4, 0.5) is 5.82 Å². The molecule has 2 aromatic heterocycles. The van der Waals surface area contributed by atoms with Crippen LogP contribution in [0.15, 0.2) is 35.1 Å². The molecular formula is C12H13BrN4O2. The van der Waals surface area contributed by atoms with E-state index in [9.17, 15) is 4.79 Å². The van der Waals surface area contributed by atoms with Gasteiger partial charge in [0.2, 0.25) is 0 Å². The smallest absolute Gasteiger partial charge is 0.354 e. The number of nitrogens with zero attached hydrogens (tertiary/aromatic N) is 4. The Bertz CT molecular complexity index is 585. The molecule has 0 saturated carbocycles. The number of carbonyl (C=O) groups is 1. The van der Waals surface area contributed by atoms with Crippen molar-refractivity contribution in [2.24, 2.45) is 0 Å². The van der Waals surface area contributed by atoms with Gasteiger partial charge in [-0.3, -0.25) is 4.68 Å². The molecule has 0 spiro atoms. The Labute approximate surface area is 118 Å². The van der Waals surface area contributed by atoms with Crippen molar-refractivity contribution in [1.82, 2.24) is 14.8 Å². The second-order valence-electron chi connectivity index (χ2n) is 4.03. The van der Waals surface area contributed by atoms with Gasteiger partial charge in [-0.2, -0.15) is 5.10 Å². The summed E-state index contributed by atoms with van der Waals surface area (Å²) in [5.41, 5.74) is 0.0474. The van der Waals surface area contributed by atoms with Crippen LogP contribution in [0.25, 0.3) is 0 Å². The number of anilines is 1. The molecule has 0 aliphatic carbocycles. The topological polar surface area (TPSA) is 71.2 Å². The van der Waals surface area contributed by atoms with Crippen LogP contribution in [-0.2, 0) is 6.54 Å². The van der Waals surface area contributed by atoms with Crippen LogP contribution >= 0.6 is 15.9 Å². The number of pyridine rings is 1. The lowest BCUT2D eigenvalue weighted by molar-refractivity contribution is 0.0690. The monoisotopic (exact) mass is 324 g/mol. The predicted octanol–water partition coefficient (Wildman–Crippen LogP) is 1.88. The first-order valence-electron chi connectivity index (χ1n) is 5.65. The largest absolute Gasteiger partial charge is 0.477 e. The zero-order valence-electron chi connectivity index (χ0n) is 10.3. The molecular weight excluding hydrogens is 312 g/mol. The molecule has 6 nitrogen and oxygen atoms in total. The van der Waals surface area contributed by atoms with Gasteiger partial charge in [0.1, 0.15) is 5.82 Å². The van der Waals surface area contributed by atoms with E-state index in [4.69, 9.17) is 5.11 Å². The number of carboxylic acids is 1. The van der Waals surface area contributed by atoms with Gasteiger partial charge < -0.3 is 10.0 Å². The highest BCUT2D eigenvalue weighted by Gasteiger charge is 2.08. The van der Waals surface area contributed by atoms with Crippen molar-refractivity contribution in [3.05, 3.63) is 40.8 Å². The number of halogens is 1. The van der Waals surface area contributed by atoms with Crippen molar-refractivity contribution in [1.29, 1.82) is 0 Å². The van der Waals surface area contributed by atoms with Crippen molar-refractivity contribution in [3.63, 3.8) is 0 Å². The summed E-state index contributed by atoms with van der Waals surface area (Å²) in [6.07, 6.45) is 3.61. The Hall–Kier alpha value is -1.89. The standard InChI is InChI=1S/C12H13BrN4O2/c1-16(5-6-17-8-9(13)7-14-17)11-4-2-3-10(15-11)12(18)19/h2-4,7-8H,5-6H2,1H3,(H,18,19). The number of hydrogen-bond acceptors (Lipinski definition) is 4. The number of aromatic carboxylic acids is 1. The second kappa shape index (κ2) is 5.83. The van der Waals surface area contributed by atoms with Crippen molar-refractivity contribution in [2.45, 2.75) is 6.54 Å². The van der Waals surface area contributed by atoms with Gasteiger partial charge >= 0.3 is 5.97 Å². The van der Waals surface area contributed by atoms with E-state index in [0.717, 1.165) is 4.47 Å². The number of rotatable bonds is 5. The first-order chi connectivity index (χ1) is 9.06. The molecule has 0 aliphatic rings. The van der Waals surface area contributed by atoms with Gasteiger partial charge in [0.15, 0.2) is 5.69 Å². The normalized spacial score (nSPS) is 10.4. The third kappa shape index (κ3) is 3.54. The Balaban J connectivity index is 2.01. The molecule has 100 valence electrons. The first kappa shape index (κ1) is 13.5.